The number of carbonyl (C=O) groups excluding carboxylic acids is 1. The molecule has 0 bridgehead atoms. The Morgan fingerprint density at radius 1 is 1.36 bits per heavy atom. The van der Waals surface area contributed by atoms with E-state index in [0.29, 0.717) is 35.3 Å². The Morgan fingerprint density at radius 3 is 2.92 bits per heavy atom. The lowest BCUT2D eigenvalue weighted by atomic mass is 10.1. The number of hydrogen-bond acceptors (Lipinski definition) is 4. The number of halogens is 1. The number of amides is 1. The first kappa shape index (κ1) is 17.6. The molecule has 7 heteroatoms. The molecule has 130 valence electrons. The molecular formula is C18H19ClN4OS. The molecule has 0 aliphatic heterocycles. The van der Waals surface area contributed by atoms with Crippen LogP contribution in [0.25, 0.3) is 11.3 Å². The van der Waals surface area contributed by atoms with Gasteiger partial charge in [0, 0.05) is 34.8 Å². The van der Waals surface area contributed by atoms with E-state index in [1.54, 1.807) is 23.5 Å². The first-order valence-corrected chi connectivity index (χ1v) is 9.32. The van der Waals surface area contributed by atoms with E-state index in [9.17, 15) is 4.79 Å². The van der Waals surface area contributed by atoms with Gasteiger partial charge in [-0.05, 0) is 18.2 Å². The largest absolute Gasteiger partial charge is 0.350 e. The van der Waals surface area contributed by atoms with Crippen LogP contribution in [0.4, 0.5) is 0 Å². The van der Waals surface area contributed by atoms with Gasteiger partial charge in [-0.3, -0.25) is 9.89 Å². The summed E-state index contributed by atoms with van der Waals surface area (Å²) in [5, 5.41) is 13.7. The van der Waals surface area contributed by atoms with E-state index < -0.39 is 0 Å². The Balaban J connectivity index is 1.56. The van der Waals surface area contributed by atoms with Gasteiger partial charge < -0.3 is 5.32 Å². The minimum Gasteiger partial charge on any atom is -0.350 e. The molecular weight excluding hydrogens is 356 g/mol. The standard InChI is InChI=1S/C18H19ClN4OS/c1-11(2)18-21-14(10-25-18)6-7-20-17(24)16-9-15(22-23-16)12-4-3-5-13(19)8-12/h3-5,8-11H,6-7H2,1-2H3,(H,20,24)(H,22,23). The van der Waals surface area contributed by atoms with Gasteiger partial charge >= 0.3 is 0 Å². The van der Waals surface area contributed by atoms with Gasteiger partial charge in [0.2, 0.25) is 0 Å². The lowest BCUT2D eigenvalue weighted by Gasteiger charge is -2.02. The number of nitrogens with one attached hydrogen (secondary N) is 2. The van der Waals surface area contributed by atoms with E-state index >= 15 is 0 Å². The number of nitrogens with zero attached hydrogens (tertiary/aromatic N) is 2. The molecule has 0 spiro atoms. The van der Waals surface area contributed by atoms with Crippen LogP contribution in [0.1, 0.15) is 41.0 Å². The number of H-pyrrole nitrogens is 1. The van der Waals surface area contributed by atoms with Crippen LogP contribution in [0.5, 0.6) is 0 Å². The zero-order valence-electron chi connectivity index (χ0n) is 14.0. The van der Waals surface area contributed by atoms with Crippen LogP contribution in [0.3, 0.4) is 0 Å². The van der Waals surface area contributed by atoms with E-state index in [4.69, 9.17) is 11.6 Å². The van der Waals surface area contributed by atoms with Crippen LogP contribution < -0.4 is 5.32 Å². The van der Waals surface area contributed by atoms with Crippen molar-refractivity contribution in [3.05, 3.63) is 57.1 Å². The monoisotopic (exact) mass is 374 g/mol. The summed E-state index contributed by atoms with van der Waals surface area (Å²) < 4.78 is 0. The van der Waals surface area contributed by atoms with Gasteiger partial charge in [0.15, 0.2) is 0 Å². The number of carbonyl (C=O) groups is 1. The normalized spacial score (nSPS) is 11.0. The Hall–Kier alpha value is -2.18. The average molecular weight is 375 g/mol. The molecule has 3 aromatic rings. The lowest BCUT2D eigenvalue weighted by molar-refractivity contribution is 0.0949. The zero-order valence-corrected chi connectivity index (χ0v) is 15.6. The van der Waals surface area contributed by atoms with Gasteiger partial charge in [0.1, 0.15) is 5.69 Å². The molecule has 0 unspecified atom stereocenters. The molecule has 25 heavy (non-hydrogen) atoms. The first-order chi connectivity index (χ1) is 12.0. The van der Waals surface area contributed by atoms with Crippen molar-refractivity contribution in [1.29, 1.82) is 0 Å². The van der Waals surface area contributed by atoms with Crippen molar-refractivity contribution in [1.82, 2.24) is 20.5 Å². The molecule has 2 N–H and O–H groups in total. The molecule has 0 radical (unpaired) electrons. The molecule has 5 nitrogen and oxygen atoms in total. The molecule has 0 aliphatic carbocycles. The van der Waals surface area contributed by atoms with Crippen molar-refractivity contribution >= 4 is 28.8 Å². The summed E-state index contributed by atoms with van der Waals surface area (Å²) in [6.07, 6.45) is 0.713. The average Bonchev–Trinajstić information content (AvgIpc) is 3.24. The third-order valence-corrected chi connectivity index (χ3v) is 5.10. The molecule has 0 aliphatic rings. The minimum atomic E-state index is -0.180. The second-order valence-corrected chi connectivity index (χ2v) is 7.34. The SMILES string of the molecule is CC(C)c1nc(CCNC(=O)c2cc(-c3cccc(Cl)c3)n[nH]2)cs1. The summed E-state index contributed by atoms with van der Waals surface area (Å²) in [5.41, 5.74) is 2.99. The second-order valence-electron chi connectivity index (χ2n) is 6.01. The zero-order chi connectivity index (χ0) is 17.8. The van der Waals surface area contributed by atoms with E-state index in [0.717, 1.165) is 16.3 Å². The quantitative estimate of drug-likeness (QED) is 0.676. The van der Waals surface area contributed by atoms with Crippen molar-refractivity contribution in [2.45, 2.75) is 26.2 Å². The number of thiazole rings is 1. The number of benzene rings is 1. The summed E-state index contributed by atoms with van der Waals surface area (Å²) >= 11 is 7.65. The maximum Gasteiger partial charge on any atom is 0.269 e. The van der Waals surface area contributed by atoms with Crippen molar-refractivity contribution < 1.29 is 4.79 Å². The number of rotatable bonds is 6. The fourth-order valence-corrected chi connectivity index (χ4v) is 3.40. The fraction of sp³-hybridized carbons (Fsp3) is 0.278. The van der Waals surface area contributed by atoms with Crippen LogP contribution in [-0.2, 0) is 6.42 Å². The van der Waals surface area contributed by atoms with Gasteiger partial charge in [0.05, 0.1) is 16.4 Å². The van der Waals surface area contributed by atoms with Crippen LogP contribution in [0.15, 0.2) is 35.7 Å². The van der Waals surface area contributed by atoms with Crippen LogP contribution in [0, 0.1) is 0 Å². The maximum absolute atomic E-state index is 12.2. The summed E-state index contributed by atoms with van der Waals surface area (Å²) in [5.74, 6) is 0.253. The van der Waals surface area contributed by atoms with Gasteiger partial charge in [-0.15, -0.1) is 11.3 Å². The van der Waals surface area contributed by atoms with Gasteiger partial charge in [-0.1, -0.05) is 37.6 Å². The topological polar surface area (TPSA) is 70.7 Å². The summed E-state index contributed by atoms with van der Waals surface area (Å²) in [6, 6.07) is 9.09. The Bertz CT molecular complexity index is 871. The van der Waals surface area contributed by atoms with Crippen LogP contribution in [0.2, 0.25) is 5.02 Å². The summed E-state index contributed by atoms with van der Waals surface area (Å²) in [7, 11) is 0. The van der Waals surface area contributed by atoms with Crippen molar-refractivity contribution in [3.63, 3.8) is 0 Å². The highest BCUT2D eigenvalue weighted by molar-refractivity contribution is 7.09. The maximum atomic E-state index is 12.2. The molecule has 0 saturated carbocycles. The van der Waals surface area contributed by atoms with Crippen LogP contribution in [-0.4, -0.2) is 27.6 Å². The van der Waals surface area contributed by atoms with Gasteiger partial charge in [0.25, 0.3) is 5.91 Å². The lowest BCUT2D eigenvalue weighted by Crippen LogP contribution is -2.26. The Morgan fingerprint density at radius 2 is 2.20 bits per heavy atom. The van der Waals surface area contributed by atoms with E-state index in [-0.39, 0.29) is 5.91 Å². The fourth-order valence-electron chi connectivity index (χ4n) is 2.34. The highest BCUT2D eigenvalue weighted by atomic mass is 35.5. The number of hydrogen-bond donors (Lipinski definition) is 2. The third kappa shape index (κ3) is 4.46. The number of aromatic amines is 1. The van der Waals surface area contributed by atoms with E-state index in [1.165, 1.54) is 0 Å². The third-order valence-electron chi connectivity index (χ3n) is 3.67. The Kier molecular flexibility index (Phi) is 5.50. The predicted molar refractivity (Wildman–Crippen MR) is 101 cm³/mol. The molecule has 0 fully saturated rings. The molecule has 1 aromatic carbocycles. The van der Waals surface area contributed by atoms with Gasteiger partial charge in [-0.25, -0.2) is 4.98 Å². The van der Waals surface area contributed by atoms with Crippen molar-refractivity contribution in [3.8, 4) is 11.3 Å². The van der Waals surface area contributed by atoms with E-state index in [1.807, 2.05) is 18.2 Å². The van der Waals surface area contributed by atoms with Crippen molar-refractivity contribution in [2.75, 3.05) is 6.54 Å². The molecule has 2 aromatic heterocycles. The molecule has 2 heterocycles. The second kappa shape index (κ2) is 7.80. The predicted octanol–water partition coefficient (Wildman–Crippen LogP) is 4.28. The molecule has 0 saturated heterocycles. The molecule has 1 amide bonds. The van der Waals surface area contributed by atoms with Crippen LogP contribution >= 0.6 is 22.9 Å². The van der Waals surface area contributed by atoms with Gasteiger partial charge in [-0.2, -0.15) is 5.10 Å². The van der Waals surface area contributed by atoms with Crippen molar-refractivity contribution in [2.24, 2.45) is 0 Å². The Labute approximate surface area is 155 Å². The number of aromatic nitrogens is 3. The highest BCUT2D eigenvalue weighted by Crippen LogP contribution is 2.21. The first-order valence-electron chi connectivity index (χ1n) is 8.07. The molecule has 0 atom stereocenters. The van der Waals surface area contributed by atoms with E-state index in [2.05, 4.69) is 39.7 Å². The smallest absolute Gasteiger partial charge is 0.269 e. The summed E-state index contributed by atoms with van der Waals surface area (Å²) in [4.78, 5) is 16.8. The summed E-state index contributed by atoms with van der Waals surface area (Å²) in [6.45, 7) is 4.78. The minimum absolute atomic E-state index is 0.180. The highest BCUT2D eigenvalue weighted by Gasteiger charge is 2.11. The molecule has 3 rings (SSSR count).